The molecule has 4 nitrogen and oxygen atoms in total. The topological polar surface area (TPSA) is 58.2 Å². The molecule has 0 saturated carbocycles. The molecule has 0 spiro atoms. The van der Waals surface area contributed by atoms with E-state index in [2.05, 4.69) is 41.9 Å². The zero-order valence-corrected chi connectivity index (χ0v) is 18.8. The molecule has 5 heteroatoms. The number of amides is 2. The summed E-state index contributed by atoms with van der Waals surface area (Å²) in [5.41, 5.74) is 4.78. The smallest absolute Gasteiger partial charge is 0.257 e. The van der Waals surface area contributed by atoms with Gasteiger partial charge in [0.05, 0.1) is 10.6 Å². The predicted octanol–water partition coefficient (Wildman–Crippen LogP) is 6.33. The lowest BCUT2D eigenvalue weighted by Gasteiger charge is -2.13. The van der Waals surface area contributed by atoms with E-state index in [-0.39, 0.29) is 22.9 Å². The van der Waals surface area contributed by atoms with Crippen LogP contribution in [0.1, 0.15) is 58.5 Å². The van der Waals surface area contributed by atoms with Gasteiger partial charge in [-0.25, -0.2) is 0 Å². The summed E-state index contributed by atoms with van der Waals surface area (Å²) in [7, 11) is 0. The number of halogens is 1. The monoisotopic (exact) mass is 434 g/mol. The number of benzene rings is 2. The number of hydrogen-bond donors (Lipinski definition) is 2. The highest BCUT2D eigenvalue weighted by Crippen LogP contribution is 2.27. The van der Waals surface area contributed by atoms with Crippen molar-refractivity contribution in [3.63, 3.8) is 0 Å². The Morgan fingerprint density at radius 2 is 1.81 bits per heavy atom. The summed E-state index contributed by atoms with van der Waals surface area (Å²) in [5, 5.41) is 5.97. The molecule has 2 aromatic carbocycles. The van der Waals surface area contributed by atoms with Crippen molar-refractivity contribution in [3.8, 4) is 0 Å². The van der Waals surface area contributed by atoms with Crippen LogP contribution in [-0.4, -0.2) is 17.9 Å². The van der Waals surface area contributed by atoms with Gasteiger partial charge in [0.1, 0.15) is 0 Å². The van der Waals surface area contributed by atoms with E-state index in [1.54, 1.807) is 12.1 Å². The molecular weight excluding hydrogens is 408 g/mol. The van der Waals surface area contributed by atoms with Gasteiger partial charge in [-0.15, -0.1) is 0 Å². The van der Waals surface area contributed by atoms with Crippen molar-refractivity contribution < 1.29 is 9.59 Å². The largest absolute Gasteiger partial charge is 0.350 e. The molecule has 2 aromatic rings. The van der Waals surface area contributed by atoms with Crippen molar-refractivity contribution >= 4 is 34.7 Å². The van der Waals surface area contributed by atoms with E-state index in [0.29, 0.717) is 16.8 Å². The van der Waals surface area contributed by atoms with Crippen LogP contribution in [0.15, 0.2) is 66.8 Å². The summed E-state index contributed by atoms with van der Waals surface area (Å²) in [4.78, 5) is 25.0. The van der Waals surface area contributed by atoms with E-state index >= 15 is 0 Å². The highest BCUT2D eigenvalue weighted by atomic mass is 35.5. The number of carbonyl (C=O) groups is 2. The average Bonchev–Trinajstić information content (AvgIpc) is 2.69. The second-order valence-electron chi connectivity index (χ2n) is 7.83. The van der Waals surface area contributed by atoms with Gasteiger partial charge in [-0.1, -0.05) is 48.0 Å². The van der Waals surface area contributed by atoms with Crippen LogP contribution in [0.25, 0.3) is 5.57 Å². The molecule has 160 valence electrons. The molecule has 1 aliphatic rings. The fourth-order valence-electron chi connectivity index (χ4n) is 3.33. The van der Waals surface area contributed by atoms with Crippen LogP contribution in [0.3, 0.4) is 0 Å². The van der Waals surface area contributed by atoms with Crippen LogP contribution in [0, 0.1) is 6.92 Å². The second-order valence-corrected chi connectivity index (χ2v) is 8.24. The van der Waals surface area contributed by atoms with E-state index in [0.717, 1.165) is 29.5 Å². The maximum atomic E-state index is 12.8. The summed E-state index contributed by atoms with van der Waals surface area (Å²) in [5.74, 6) is -0.539. The Kier molecular flexibility index (Phi) is 7.48. The van der Waals surface area contributed by atoms with Crippen LogP contribution in [0.5, 0.6) is 0 Å². The minimum absolute atomic E-state index is 0.0174. The molecule has 31 heavy (non-hydrogen) atoms. The van der Waals surface area contributed by atoms with Gasteiger partial charge in [0.25, 0.3) is 11.8 Å². The molecule has 2 amide bonds. The zero-order valence-electron chi connectivity index (χ0n) is 18.0. The van der Waals surface area contributed by atoms with Crippen molar-refractivity contribution in [2.75, 3.05) is 5.32 Å². The lowest BCUT2D eigenvalue weighted by molar-refractivity contribution is 0.0941. The lowest BCUT2D eigenvalue weighted by atomic mass is 9.97. The SMILES string of the molecule is Cc1ccc(NC(=O)c2ccc(C(=O)NC(C)C)cc2Cl)cc1C1=CCCC=CC=C1. The maximum absolute atomic E-state index is 12.8. The molecule has 0 fully saturated rings. The third-order valence-corrected chi connectivity index (χ3v) is 5.24. The first kappa shape index (κ1) is 22.6. The number of rotatable bonds is 5. The van der Waals surface area contributed by atoms with Gasteiger partial charge in [-0.05, 0) is 80.6 Å². The summed E-state index contributed by atoms with van der Waals surface area (Å²) in [6, 6.07) is 10.6. The number of nitrogens with one attached hydrogen (secondary N) is 2. The molecule has 0 unspecified atom stereocenters. The molecule has 0 radical (unpaired) electrons. The summed E-state index contributed by atoms with van der Waals surface area (Å²) in [6.07, 6.45) is 12.5. The maximum Gasteiger partial charge on any atom is 0.257 e. The van der Waals surface area contributed by atoms with Gasteiger partial charge >= 0.3 is 0 Å². The van der Waals surface area contributed by atoms with E-state index in [9.17, 15) is 9.59 Å². The normalized spacial score (nSPS) is 13.4. The molecule has 0 bridgehead atoms. The van der Waals surface area contributed by atoms with Crippen molar-refractivity contribution in [1.29, 1.82) is 0 Å². The van der Waals surface area contributed by atoms with Gasteiger partial charge in [0.15, 0.2) is 0 Å². The minimum Gasteiger partial charge on any atom is -0.350 e. The van der Waals surface area contributed by atoms with Crippen LogP contribution in [0.2, 0.25) is 5.02 Å². The highest BCUT2D eigenvalue weighted by molar-refractivity contribution is 6.34. The lowest BCUT2D eigenvalue weighted by Crippen LogP contribution is -2.30. The van der Waals surface area contributed by atoms with Gasteiger partial charge in [0, 0.05) is 17.3 Å². The third kappa shape index (κ3) is 5.96. The van der Waals surface area contributed by atoms with E-state index in [1.807, 2.05) is 38.1 Å². The number of hydrogen-bond acceptors (Lipinski definition) is 2. The van der Waals surface area contributed by atoms with Gasteiger partial charge < -0.3 is 10.6 Å². The molecule has 0 aliphatic heterocycles. The Labute approximate surface area is 188 Å². The van der Waals surface area contributed by atoms with Gasteiger partial charge in [0.2, 0.25) is 0 Å². The Bertz CT molecular complexity index is 1080. The first-order valence-corrected chi connectivity index (χ1v) is 10.8. The van der Waals surface area contributed by atoms with Crippen LogP contribution in [-0.2, 0) is 0 Å². The van der Waals surface area contributed by atoms with Gasteiger partial charge in [-0.2, -0.15) is 0 Å². The van der Waals surface area contributed by atoms with Gasteiger partial charge in [-0.3, -0.25) is 9.59 Å². The van der Waals surface area contributed by atoms with E-state index in [4.69, 9.17) is 11.6 Å². The first-order valence-electron chi connectivity index (χ1n) is 10.4. The molecule has 2 N–H and O–H groups in total. The number of anilines is 1. The molecule has 0 aromatic heterocycles. The first-order chi connectivity index (χ1) is 14.8. The molecule has 0 atom stereocenters. The quantitative estimate of drug-likeness (QED) is 0.577. The van der Waals surface area contributed by atoms with E-state index < -0.39 is 0 Å². The highest BCUT2D eigenvalue weighted by Gasteiger charge is 2.15. The molecule has 0 heterocycles. The Balaban J connectivity index is 1.81. The van der Waals surface area contributed by atoms with Crippen molar-refractivity contribution in [2.24, 2.45) is 0 Å². The van der Waals surface area contributed by atoms with E-state index in [1.165, 1.54) is 6.07 Å². The Hall–Kier alpha value is -3.11. The zero-order chi connectivity index (χ0) is 22.4. The molecule has 3 rings (SSSR count). The predicted molar refractivity (Wildman–Crippen MR) is 129 cm³/mol. The number of aryl methyl sites for hydroxylation is 1. The average molecular weight is 435 g/mol. The fourth-order valence-corrected chi connectivity index (χ4v) is 3.60. The van der Waals surface area contributed by atoms with Crippen molar-refractivity contribution in [1.82, 2.24) is 5.32 Å². The summed E-state index contributed by atoms with van der Waals surface area (Å²) >= 11 is 6.32. The summed E-state index contributed by atoms with van der Waals surface area (Å²) < 4.78 is 0. The van der Waals surface area contributed by atoms with Crippen LogP contribution >= 0.6 is 11.6 Å². The standard InChI is InChI=1S/C26H27ClN2O2/c1-17(2)28-25(30)20-12-14-22(24(27)15-20)26(31)29-21-13-11-18(3)23(16-21)19-9-7-5-4-6-8-10-19/h4-5,7,9-17H,6,8H2,1-3H3,(H,28,30)(H,29,31). The third-order valence-electron chi connectivity index (χ3n) is 4.92. The van der Waals surface area contributed by atoms with Crippen LogP contribution < -0.4 is 10.6 Å². The molecule has 1 aliphatic carbocycles. The number of carbonyl (C=O) groups excluding carboxylic acids is 2. The summed E-state index contributed by atoms with van der Waals surface area (Å²) in [6.45, 7) is 5.83. The second kappa shape index (κ2) is 10.3. The fraction of sp³-hybridized carbons (Fsp3) is 0.231. The molecular formula is C26H27ClN2O2. The Morgan fingerprint density at radius 1 is 1.00 bits per heavy atom. The Morgan fingerprint density at radius 3 is 2.55 bits per heavy atom. The minimum atomic E-state index is -0.319. The molecule has 0 saturated heterocycles. The van der Waals surface area contributed by atoms with Crippen molar-refractivity contribution in [2.45, 2.75) is 39.7 Å². The van der Waals surface area contributed by atoms with Crippen LogP contribution in [0.4, 0.5) is 5.69 Å². The number of allylic oxidation sites excluding steroid dienone is 6. The van der Waals surface area contributed by atoms with Crippen molar-refractivity contribution in [3.05, 3.63) is 94.1 Å².